The maximum atomic E-state index is 10.1. The van der Waals surface area contributed by atoms with Crippen LogP contribution in [0, 0.1) is 5.92 Å². The minimum absolute atomic E-state index is 0.0370. The molecule has 1 N–H and O–H groups in total. The Labute approximate surface area is 52.3 Å². The number of carboxylic acids is 1. The lowest BCUT2D eigenvalue weighted by molar-refractivity contribution is -0.138. The van der Waals surface area contributed by atoms with Crippen LogP contribution < -0.4 is 0 Å². The van der Waals surface area contributed by atoms with Crippen LogP contribution in [-0.2, 0) is 4.79 Å². The molecular weight excluding hydrogens is 124 g/mol. The van der Waals surface area contributed by atoms with Gasteiger partial charge < -0.3 is 5.11 Å². The first-order chi connectivity index (χ1) is 3.75. The molecule has 0 aromatic rings. The van der Waals surface area contributed by atoms with Gasteiger partial charge in [0.05, 0.1) is 5.92 Å². The van der Waals surface area contributed by atoms with Crippen LogP contribution in [0.25, 0.3) is 0 Å². The Kier molecular flexibility index (Phi) is 1.47. The van der Waals surface area contributed by atoms with Gasteiger partial charge in [0.1, 0.15) is 0 Å². The maximum absolute atomic E-state index is 10.1. The van der Waals surface area contributed by atoms with E-state index in [1.165, 1.54) is 0 Å². The summed E-state index contributed by atoms with van der Waals surface area (Å²) in [5.41, 5.74) is 0. The highest BCUT2D eigenvalue weighted by atomic mass is 32.2. The number of carboxylic acid groups (broad SMARTS) is 1. The second-order valence-corrected chi connectivity index (χ2v) is 3.03. The Balaban J connectivity index is 2.26. The van der Waals surface area contributed by atoms with Gasteiger partial charge in [-0.1, -0.05) is 0 Å². The molecule has 1 saturated carbocycles. The topological polar surface area (TPSA) is 37.3 Å². The molecule has 3 heteroatoms. The summed E-state index contributed by atoms with van der Waals surface area (Å²) in [6.45, 7) is 0. The molecule has 0 bridgehead atoms. The van der Waals surface area contributed by atoms with Gasteiger partial charge in [0, 0.05) is 5.25 Å². The second kappa shape index (κ2) is 1.97. The molecule has 0 radical (unpaired) electrons. The van der Waals surface area contributed by atoms with E-state index in [4.69, 9.17) is 5.11 Å². The Morgan fingerprint density at radius 1 is 1.88 bits per heavy atom. The number of hydrogen-bond acceptors (Lipinski definition) is 2. The molecule has 0 aromatic carbocycles. The van der Waals surface area contributed by atoms with Crippen molar-refractivity contribution >= 4 is 17.7 Å². The predicted octanol–water partition coefficient (Wildman–Crippen LogP) is 0.823. The normalized spacial score (nSPS) is 34.6. The summed E-state index contributed by atoms with van der Waals surface area (Å²) < 4.78 is 0. The fourth-order valence-electron chi connectivity index (χ4n) is 0.692. The molecule has 1 fully saturated rings. The first-order valence-electron chi connectivity index (χ1n) is 2.51. The lowest BCUT2D eigenvalue weighted by Gasteiger charge is -1.85. The molecule has 0 unspecified atom stereocenters. The van der Waals surface area contributed by atoms with E-state index in [0.29, 0.717) is 5.25 Å². The van der Waals surface area contributed by atoms with Crippen molar-refractivity contribution in [3.8, 4) is 0 Å². The summed E-state index contributed by atoms with van der Waals surface area (Å²) in [4.78, 5) is 10.1. The molecule has 0 aliphatic heterocycles. The monoisotopic (exact) mass is 132 g/mol. The molecule has 0 amide bonds. The van der Waals surface area contributed by atoms with E-state index in [9.17, 15) is 4.79 Å². The van der Waals surface area contributed by atoms with E-state index in [2.05, 4.69) is 0 Å². The number of aliphatic carboxylic acids is 1. The number of hydrogen-bond donors (Lipinski definition) is 1. The Hall–Kier alpha value is -0.180. The van der Waals surface area contributed by atoms with E-state index >= 15 is 0 Å². The van der Waals surface area contributed by atoms with Gasteiger partial charge in [-0.25, -0.2) is 0 Å². The number of rotatable bonds is 2. The quantitative estimate of drug-likeness (QED) is 0.604. The first kappa shape index (κ1) is 5.95. The molecule has 0 saturated heterocycles. The van der Waals surface area contributed by atoms with Crippen molar-refractivity contribution in [2.45, 2.75) is 11.7 Å². The molecule has 8 heavy (non-hydrogen) atoms. The fourth-order valence-corrected chi connectivity index (χ4v) is 1.54. The molecule has 1 aliphatic carbocycles. The molecule has 1 rings (SSSR count). The summed E-state index contributed by atoms with van der Waals surface area (Å²) >= 11 is 1.65. The van der Waals surface area contributed by atoms with Crippen LogP contribution in [0.3, 0.4) is 0 Å². The molecular formula is C5H8O2S. The van der Waals surface area contributed by atoms with Gasteiger partial charge in [-0.15, -0.1) is 0 Å². The third-order valence-corrected chi connectivity index (χ3v) is 2.48. The standard InChI is InChI=1S/C5H8O2S/c1-8-4-2-3(4)5(6)7/h3-4H,2H2,1H3,(H,6,7)/t3-,4+/m1/s1. The molecule has 0 heterocycles. The van der Waals surface area contributed by atoms with Crippen LogP contribution in [0.15, 0.2) is 0 Å². The van der Waals surface area contributed by atoms with Crippen molar-refractivity contribution in [2.75, 3.05) is 6.26 Å². The van der Waals surface area contributed by atoms with E-state index < -0.39 is 5.97 Å². The average molecular weight is 132 g/mol. The molecule has 0 spiro atoms. The predicted molar refractivity (Wildman–Crippen MR) is 33.0 cm³/mol. The fraction of sp³-hybridized carbons (Fsp3) is 0.800. The third-order valence-electron chi connectivity index (χ3n) is 1.35. The van der Waals surface area contributed by atoms with Crippen LogP contribution in [0.4, 0.5) is 0 Å². The van der Waals surface area contributed by atoms with Gasteiger partial charge in [-0.05, 0) is 12.7 Å². The minimum Gasteiger partial charge on any atom is -0.481 e. The number of thioether (sulfide) groups is 1. The Bertz CT molecular complexity index is 113. The molecule has 2 atom stereocenters. The van der Waals surface area contributed by atoms with Gasteiger partial charge in [0.2, 0.25) is 0 Å². The van der Waals surface area contributed by atoms with E-state index in [-0.39, 0.29) is 5.92 Å². The van der Waals surface area contributed by atoms with Crippen LogP contribution >= 0.6 is 11.8 Å². The van der Waals surface area contributed by atoms with Crippen molar-refractivity contribution in [1.29, 1.82) is 0 Å². The zero-order valence-corrected chi connectivity index (χ0v) is 5.44. The highest BCUT2D eigenvalue weighted by molar-refractivity contribution is 7.99. The molecule has 1 aliphatic rings. The van der Waals surface area contributed by atoms with Crippen molar-refractivity contribution in [3.05, 3.63) is 0 Å². The minimum atomic E-state index is -0.635. The van der Waals surface area contributed by atoms with E-state index in [0.717, 1.165) is 6.42 Å². The van der Waals surface area contributed by atoms with Gasteiger partial charge in [0.15, 0.2) is 0 Å². The highest BCUT2D eigenvalue weighted by Gasteiger charge is 2.42. The van der Waals surface area contributed by atoms with E-state index in [1.807, 2.05) is 6.26 Å². The number of carbonyl (C=O) groups is 1. The van der Waals surface area contributed by atoms with Crippen LogP contribution in [0.5, 0.6) is 0 Å². The summed E-state index contributed by atoms with van der Waals surface area (Å²) in [6.07, 6.45) is 2.82. The lowest BCUT2D eigenvalue weighted by atomic mass is 10.4. The summed E-state index contributed by atoms with van der Waals surface area (Å²) in [5, 5.41) is 8.75. The van der Waals surface area contributed by atoms with Crippen molar-refractivity contribution < 1.29 is 9.90 Å². The maximum Gasteiger partial charge on any atom is 0.307 e. The third kappa shape index (κ3) is 0.968. The zero-order valence-electron chi connectivity index (χ0n) is 4.63. The van der Waals surface area contributed by atoms with Crippen molar-refractivity contribution in [2.24, 2.45) is 5.92 Å². The largest absolute Gasteiger partial charge is 0.481 e. The Morgan fingerprint density at radius 3 is 2.62 bits per heavy atom. The van der Waals surface area contributed by atoms with Crippen molar-refractivity contribution in [3.63, 3.8) is 0 Å². The summed E-state index contributed by atoms with van der Waals surface area (Å²) in [6, 6.07) is 0. The molecule has 46 valence electrons. The van der Waals surface area contributed by atoms with Crippen LogP contribution in [0.2, 0.25) is 0 Å². The summed E-state index contributed by atoms with van der Waals surface area (Å²) in [7, 11) is 0. The van der Waals surface area contributed by atoms with Crippen molar-refractivity contribution in [1.82, 2.24) is 0 Å². The first-order valence-corrected chi connectivity index (χ1v) is 3.80. The van der Waals surface area contributed by atoms with Crippen LogP contribution in [0.1, 0.15) is 6.42 Å². The Morgan fingerprint density at radius 2 is 2.50 bits per heavy atom. The molecule has 2 nitrogen and oxygen atoms in total. The van der Waals surface area contributed by atoms with E-state index in [1.54, 1.807) is 11.8 Å². The highest BCUT2D eigenvalue weighted by Crippen LogP contribution is 2.40. The summed E-state index contributed by atoms with van der Waals surface area (Å²) in [5.74, 6) is -0.672. The molecule has 0 aromatic heterocycles. The lowest BCUT2D eigenvalue weighted by Crippen LogP contribution is -1.99. The van der Waals surface area contributed by atoms with Gasteiger partial charge >= 0.3 is 5.97 Å². The average Bonchev–Trinajstić information content (AvgIpc) is 2.42. The van der Waals surface area contributed by atoms with Crippen LogP contribution in [-0.4, -0.2) is 22.6 Å². The van der Waals surface area contributed by atoms with Gasteiger partial charge in [-0.2, -0.15) is 11.8 Å². The van der Waals surface area contributed by atoms with Gasteiger partial charge in [0.25, 0.3) is 0 Å². The zero-order chi connectivity index (χ0) is 6.15. The van der Waals surface area contributed by atoms with Gasteiger partial charge in [-0.3, -0.25) is 4.79 Å². The SMILES string of the molecule is CS[C@H]1C[C@H]1C(=O)O. The smallest absolute Gasteiger partial charge is 0.307 e. The second-order valence-electron chi connectivity index (χ2n) is 1.95.